The van der Waals surface area contributed by atoms with Crippen molar-refractivity contribution in [2.45, 2.75) is 38.5 Å². The van der Waals surface area contributed by atoms with Crippen LogP contribution in [0.2, 0.25) is 5.02 Å². The van der Waals surface area contributed by atoms with Crippen LogP contribution < -0.4 is 5.32 Å². The van der Waals surface area contributed by atoms with Crippen LogP contribution in [0.25, 0.3) is 0 Å². The van der Waals surface area contributed by atoms with Crippen molar-refractivity contribution in [2.75, 3.05) is 0 Å². The summed E-state index contributed by atoms with van der Waals surface area (Å²) in [6, 6.07) is 15.0. The molecule has 0 aliphatic heterocycles. The standard InChI is InChI=1S/C26H22ClF4N3O/c1-16-23(17(2)35-34-16)15-33-25(13-18-6-4-3-5-7-18,24-9-8-21(27)14-32-24)19-10-20(26(29,30)31)12-22(28)11-19/h3-12,14,33H,13,15H2,1-2H3. The van der Waals surface area contributed by atoms with E-state index in [9.17, 15) is 17.6 Å². The van der Waals surface area contributed by atoms with Gasteiger partial charge in [0.15, 0.2) is 0 Å². The fourth-order valence-electron chi connectivity index (χ4n) is 4.12. The summed E-state index contributed by atoms with van der Waals surface area (Å²) in [5.41, 5.74) is 0.245. The molecule has 0 saturated carbocycles. The summed E-state index contributed by atoms with van der Waals surface area (Å²) >= 11 is 6.07. The summed E-state index contributed by atoms with van der Waals surface area (Å²) in [5.74, 6) is -0.428. The summed E-state index contributed by atoms with van der Waals surface area (Å²) in [6.45, 7) is 3.72. The van der Waals surface area contributed by atoms with Gasteiger partial charge in [-0.2, -0.15) is 13.2 Å². The van der Waals surface area contributed by atoms with E-state index >= 15 is 0 Å². The summed E-state index contributed by atoms with van der Waals surface area (Å²) in [5, 5.41) is 7.71. The highest BCUT2D eigenvalue weighted by Crippen LogP contribution is 2.38. The molecule has 1 atom stereocenters. The Morgan fingerprint density at radius 1 is 0.971 bits per heavy atom. The fraction of sp³-hybridized carbons (Fsp3) is 0.231. The molecule has 2 heterocycles. The third-order valence-corrected chi connectivity index (χ3v) is 6.17. The van der Waals surface area contributed by atoms with Crippen molar-refractivity contribution in [3.63, 3.8) is 0 Å². The van der Waals surface area contributed by atoms with Crippen LogP contribution in [0.3, 0.4) is 0 Å². The van der Waals surface area contributed by atoms with Crippen molar-refractivity contribution in [3.05, 3.63) is 117 Å². The summed E-state index contributed by atoms with van der Waals surface area (Å²) in [6.07, 6.45) is -3.13. The van der Waals surface area contributed by atoms with E-state index in [1.165, 1.54) is 6.20 Å². The number of aromatic nitrogens is 2. The zero-order chi connectivity index (χ0) is 25.2. The molecule has 0 aliphatic carbocycles. The quantitative estimate of drug-likeness (QED) is 0.283. The molecule has 182 valence electrons. The summed E-state index contributed by atoms with van der Waals surface area (Å²) in [7, 11) is 0. The molecule has 0 fully saturated rings. The Morgan fingerprint density at radius 2 is 1.69 bits per heavy atom. The molecule has 1 unspecified atom stereocenters. The van der Waals surface area contributed by atoms with Crippen molar-refractivity contribution in [2.24, 2.45) is 0 Å². The average molecular weight is 504 g/mol. The molecular formula is C26H22ClF4N3O. The van der Waals surface area contributed by atoms with Gasteiger partial charge in [0.25, 0.3) is 0 Å². The van der Waals surface area contributed by atoms with Gasteiger partial charge in [-0.15, -0.1) is 0 Å². The molecule has 4 nitrogen and oxygen atoms in total. The number of benzene rings is 2. The maximum Gasteiger partial charge on any atom is 0.416 e. The Bertz CT molecular complexity index is 1290. The molecule has 0 saturated heterocycles. The molecular weight excluding hydrogens is 482 g/mol. The molecule has 0 amide bonds. The lowest BCUT2D eigenvalue weighted by Crippen LogP contribution is -2.46. The zero-order valence-electron chi connectivity index (χ0n) is 19.0. The van der Waals surface area contributed by atoms with Crippen molar-refractivity contribution in [1.82, 2.24) is 15.5 Å². The monoisotopic (exact) mass is 503 g/mol. The lowest BCUT2D eigenvalue weighted by molar-refractivity contribution is -0.137. The van der Waals surface area contributed by atoms with Gasteiger partial charge in [0.2, 0.25) is 0 Å². The van der Waals surface area contributed by atoms with Gasteiger partial charge in [-0.3, -0.25) is 10.3 Å². The Kier molecular flexibility index (Phi) is 6.96. The van der Waals surface area contributed by atoms with Crippen molar-refractivity contribution in [1.29, 1.82) is 0 Å². The molecule has 4 aromatic rings. The van der Waals surface area contributed by atoms with Crippen LogP contribution in [-0.2, 0) is 24.7 Å². The SMILES string of the molecule is Cc1noc(C)c1CNC(Cc1ccccc1)(c1cc(F)cc(C(F)(F)F)c1)c1ccc(Cl)cn1. The smallest absolute Gasteiger partial charge is 0.361 e. The van der Waals surface area contributed by atoms with Crippen LogP contribution in [0.4, 0.5) is 17.6 Å². The van der Waals surface area contributed by atoms with E-state index in [0.717, 1.165) is 23.3 Å². The van der Waals surface area contributed by atoms with Crippen molar-refractivity contribution < 1.29 is 22.1 Å². The first kappa shape index (κ1) is 24.9. The molecule has 4 rings (SSSR count). The Morgan fingerprint density at radius 3 is 2.29 bits per heavy atom. The number of pyridine rings is 1. The molecule has 2 aromatic carbocycles. The second kappa shape index (κ2) is 9.79. The van der Waals surface area contributed by atoms with E-state index in [4.69, 9.17) is 16.1 Å². The van der Waals surface area contributed by atoms with Gasteiger partial charge in [-0.25, -0.2) is 4.39 Å². The minimum atomic E-state index is -4.73. The first-order valence-corrected chi connectivity index (χ1v) is 11.2. The van der Waals surface area contributed by atoms with Crippen LogP contribution in [0.1, 0.15) is 39.4 Å². The van der Waals surface area contributed by atoms with Crippen LogP contribution in [0.5, 0.6) is 0 Å². The van der Waals surface area contributed by atoms with Crippen LogP contribution >= 0.6 is 11.6 Å². The summed E-state index contributed by atoms with van der Waals surface area (Å²) < 4.78 is 61.0. The highest BCUT2D eigenvalue weighted by Gasteiger charge is 2.39. The molecule has 0 aliphatic rings. The lowest BCUT2D eigenvalue weighted by atomic mass is 9.79. The minimum absolute atomic E-state index is 0.0789. The number of alkyl halides is 3. The van der Waals surface area contributed by atoms with Gasteiger partial charge in [0, 0.05) is 24.7 Å². The van der Waals surface area contributed by atoms with E-state index in [0.29, 0.717) is 28.2 Å². The van der Waals surface area contributed by atoms with Crippen molar-refractivity contribution >= 4 is 11.6 Å². The van der Waals surface area contributed by atoms with Gasteiger partial charge in [0.1, 0.15) is 11.6 Å². The van der Waals surface area contributed by atoms with Gasteiger partial charge in [0.05, 0.1) is 27.5 Å². The first-order valence-electron chi connectivity index (χ1n) is 10.8. The van der Waals surface area contributed by atoms with E-state index in [1.54, 1.807) is 26.0 Å². The fourth-order valence-corrected chi connectivity index (χ4v) is 4.23. The third-order valence-electron chi connectivity index (χ3n) is 5.94. The van der Waals surface area contributed by atoms with Crippen LogP contribution in [-0.4, -0.2) is 10.1 Å². The van der Waals surface area contributed by atoms with E-state index in [-0.39, 0.29) is 18.5 Å². The van der Waals surface area contributed by atoms with E-state index < -0.39 is 23.1 Å². The van der Waals surface area contributed by atoms with Gasteiger partial charge >= 0.3 is 6.18 Å². The van der Waals surface area contributed by atoms with Crippen LogP contribution in [0, 0.1) is 19.7 Å². The molecule has 9 heteroatoms. The van der Waals surface area contributed by atoms with E-state index in [2.05, 4.69) is 15.5 Å². The number of nitrogens with one attached hydrogen (secondary N) is 1. The molecule has 35 heavy (non-hydrogen) atoms. The van der Waals surface area contributed by atoms with Gasteiger partial charge in [-0.1, -0.05) is 47.1 Å². The highest BCUT2D eigenvalue weighted by molar-refractivity contribution is 6.30. The number of hydrogen-bond donors (Lipinski definition) is 1. The number of rotatable bonds is 7. The van der Waals surface area contributed by atoms with Crippen molar-refractivity contribution in [3.8, 4) is 0 Å². The average Bonchev–Trinajstić information content (AvgIpc) is 3.14. The Balaban J connectivity index is 1.95. The maximum atomic E-state index is 14.7. The predicted molar refractivity (Wildman–Crippen MR) is 124 cm³/mol. The number of aryl methyl sites for hydroxylation is 2. The molecule has 2 aromatic heterocycles. The predicted octanol–water partition coefficient (Wildman–Crippen LogP) is 6.77. The maximum absolute atomic E-state index is 14.7. The van der Waals surface area contributed by atoms with Crippen LogP contribution in [0.15, 0.2) is 71.4 Å². The lowest BCUT2D eigenvalue weighted by Gasteiger charge is -2.36. The second-order valence-corrected chi connectivity index (χ2v) is 8.75. The van der Waals surface area contributed by atoms with E-state index in [1.807, 2.05) is 30.3 Å². The molecule has 0 bridgehead atoms. The molecule has 0 spiro atoms. The summed E-state index contributed by atoms with van der Waals surface area (Å²) in [4.78, 5) is 4.45. The molecule has 0 radical (unpaired) electrons. The zero-order valence-corrected chi connectivity index (χ0v) is 19.7. The largest absolute Gasteiger partial charge is 0.416 e. The number of halogens is 5. The first-order chi connectivity index (χ1) is 16.6. The normalized spacial score (nSPS) is 13.6. The van der Waals surface area contributed by atoms with Gasteiger partial charge < -0.3 is 4.52 Å². The third kappa shape index (κ3) is 5.39. The number of nitrogens with zero attached hydrogens (tertiary/aromatic N) is 2. The minimum Gasteiger partial charge on any atom is -0.361 e. The topological polar surface area (TPSA) is 51.0 Å². The molecule has 1 N–H and O–H groups in total. The Hall–Kier alpha value is -3.23. The Labute approximate surface area is 204 Å². The van der Waals surface area contributed by atoms with Gasteiger partial charge in [-0.05, 0) is 55.3 Å². The highest BCUT2D eigenvalue weighted by atomic mass is 35.5. The second-order valence-electron chi connectivity index (χ2n) is 8.31. The number of hydrogen-bond acceptors (Lipinski definition) is 4.